The lowest BCUT2D eigenvalue weighted by molar-refractivity contribution is -0.384. The highest BCUT2D eigenvalue weighted by atomic mass is 32.2. The number of unbranched alkanes of at least 4 members (excludes halogenated alkanes) is 1. The predicted molar refractivity (Wildman–Crippen MR) is 116 cm³/mol. The molecule has 2 heterocycles. The fraction of sp³-hybridized carbons (Fsp3) is 0.381. The summed E-state index contributed by atoms with van der Waals surface area (Å²) < 4.78 is 10.3. The van der Waals surface area contributed by atoms with Crippen molar-refractivity contribution >= 4 is 35.3 Å². The summed E-state index contributed by atoms with van der Waals surface area (Å²) in [5.41, 5.74) is 6.24. The summed E-state index contributed by atoms with van der Waals surface area (Å²) >= 11 is 1.11. The van der Waals surface area contributed by atoms with Gasteiger partial charge < -0.3 is 15.2 Å². The number of nitro benzene ring substituents is 1. The van der Waals surface area contributed by atoms with E-state index >= 15 is 0 Å². The second kappa shape index (κ2) is 9.43. The summed E-state index contributed by atoms with van der Waals surface area (Å²) in [7, 11) is 1.18. The lowest BCUT2D eigenvalue weighted by Crippen LogP contribution is -2.40. The van der Waals surface area contributed by atoms with Crippen molar-refractivity contribution in [3.63, 3.8) is 0 Å². The molecule has 11 heteroatoms. The van der Waals surface area contributed by atoms with E-state index in [2.05, 4.69) is 0 Å². The van der Waals surface area contributed by atoms with Crippen LogP contribution in [0.1, 0.15) is 38.2 Å². The first-order valence-corrected chi connectivity index (χ1v) is 10.8. The van der Waals surface area contributed by atoms with E-state index in [4.69, 9.17) is 15.2 Å². The Bertz CT molecular complexity index is 1050. The van der Waals surface area contributed by atoms with E-state index in [-0.39, 0.29) is 45.8 Å². The van der Waals surface area contributed by atoms with Crippen molar-refractivity contribution in [1.29, 1.82) is 0 Å². The highest BCUT2D eigenvalue weighted by Crippen LogP contribution is 2.50. The molecule has 1 fully saturated rings. The van der Waals surface area contributed by atoms with E-state index in [0.717, 1.165) is 23.1 Å². The fourth-order valence-electron chi connectivity index (χ4n) is 3.58. The van der Waals surface area contributed by atoms with Crippen LogP contribution in [0.4, 0.5) is 5.69 Å². The monoisotopic (exact) mass is 461 g/mol. The molecule has 0 aromatic heterocycles. The number of carbonyl (C=O) groups excluding carboxylic acids is 3. The molecule has 2 N–H and O–H groups in total. The molecule has 0 radical (unpaired) electrons. The van der Waals surface area contributed by atoms with Gasteiger partial charge in [-0.3, -0.25) is 19.8 Å². The van der Waals surface area contributed by atoms with Crippen molar-refractivity contribution in [2.75, 3.05) is 13.7 Å². The molecule has 0 saturated carbocycles. The highest BCUT2D eigenvalue weighted by molar-refractivity contribution is 8.04. The first-order valence-electron chi connectivity index (χ1n) is 9.97. The Labute approximate surface area is 188 Å². The van der Waals surface area contributed by atoms with E-state index in [1.807, 2.05) is 6.92 Å². The van der Waals surface area contributed by atoms with Crippen molar-refractivity contribution in [3.05, 3.63) is 61.9 Å². The first-order chi connectivity index (χ1) is 15.2. The molecule has 0 spiro atoms. The molecule has 1 saturated heterocycles. The van der Waals surface area contributed by atoms with Gasteiger partial charge in [0, 0.05) is 12.1 Å². The number of ether oxygens (including phenoxy) is 2. The van der Waals surface area contributed by atoms with Gasteiger partial charge in [0.1, 0.15) is 5.82 Å². The van der Waals surface area contributed by atoms with Gasteiger partial charge in [-0.25, -0.2) is 9.59 Å². The largest absolute Gasteiger partial charge is 0.466 e. The number of non-ortho nitro benzene ring substituents is 1. The maximum atomic E-state index is 13.1. The number of nitrogens with zero attached hydrogens (tertiary/aromatic N) is 2. The van der Waals surface area contributed by atoms with Crippen LogP contribution in [0.2, 0.25) is 0 Å². The summed E-state index contributed by atoms with van der Waals surface area (Å²) in [6, 6.07) is 5.56. The zero-order chi connectivity index (χ0) is 23.6. The summed E-state index contributed by atoms with van der Waals surface area (Å²) in [5.74, 6) is -3.23. The van der Waals surface area contributed by atoms with Crippen LogP contribution in [-0.4, -0.2) is 46.6 Å². The van der Waals surface area contributed by atoms with Gasteiger partial charge in [0.25, 0.3) is 5.69 Å². The zero-order valence-electron chi connectivity index (χ0n) is 17.8. The number of amides is 1. The van der Waals surface area contributed by atoms with E-state index in [1.54, 1.807) is 13.0 Å². The topological polar surface area (TPSA) is 142 Å². The Morgan fingerprint density at radius 1 is 1.28 bits per heavy atom. The molecule has 10 nitrogen and oxygen atoms in total. The van der Waals surface area contributed by atoms with Crippen LogP contribution >= 0.6 is 11.8 Å². The van der Waals surface area contributed by atoms with Gasteiger partial charge in [-0.05, 0) is 18.9 Å². The van der Waals surface area contributed by atoms with E-state index in [1.165, 1.54) is 25.3 Å². The Morgan fingerprint density at radius 3 is 2.62 bits per heavy atom. The van der Waals surface area contributed by atoms with E-state index in [0.29, 0.717) is 6.42 Å². The number of fused-ring (bicyclic) bond motifs is 1. The molecular formula is C21H23N3O7S. The van der Waals surface area contributed by atoms with Crippen LogP contribution < -0.4 is 5.73 Å². The molecule has 2 unspecified atom stereocenters. The molecule has 2 aliphatic rings. The molecule has 2 aliphatic heterocycles. The molecule has 1 amide bonds. The van der Waals surface area contributed by atoms with E-state index < -0.39 is 28.0 Å². The second-order valence-corrected chi connectivity index (χ2v) is 8.55. The number of hydrogen-bond donors (Lipinski definition) is 1. The Balaban J connectivity index is 2.25. The van der Waals surface area contributed by atoms with Crippen molar-refractivity contribution in [3.8, 4) is 0 Å². The van der Waals surface area contributed by atoms with Crippen molar-refractivity contribution in [1.82, 2.24) is 4.90 Å². The molecule has 0 bridgehead atoms. The molecule has 32 heavy (non-hydrogen) atoms. The fourth-order valence-corrected chi connectivity index (χ4v) is 4.74. The van der Waals surface area contributed by atoms with Gasteiger partial charge in [0.05, 0.1) is 46.0 Å². The van der Waals surface area contributed by atoms with Crippen LogP contribution in [0.15, 0.2) is 46.3 Å². The first kappa shape index (κ1) is 23.3. The molecule has 1 aromatic carbocycles. The third-order valence-corrected chi connectivity index (χ3v) is 6.34. The van der Waals surface area contributed by atoms with Crippen LogP contribution in [-0.2, 0) is 23.9 Å². The zero-order valence-corrected chi connectivity index (χ0v) is 18.6. The van der Waals surface area contributed by atoms with Gasteiger partial charge in [-0.15, -0.1) is 0 Å². The number of thioether (sulfide) groups is 1. The molecule has 1 aromatic rings. The van der Waals surface area contributed by atoms with Crippen molar-refractivity contribution in [2.24, 2.45) is 5.73 Å². The number of methoxy groups -OCH3 is 1. The summed E-state index contributed by atoms with van der Waals surface area (Å²) in [6.45, 7) is 3.71. The number of esters is 2. The summed E-state index contributed by atoms with van der Waals surface area (Å²) in [6.07, 6.45) is 1.40. The minimum Gasteiger partial charge on any atom is -0.466 e. The molecule has 2 atom stereocenters. The molecular weight excluding hydrogens is 438 g/mol. The lowest BCUT2D eigenvalue weighted by atomic mass is 9.82. The summed E-state index contributed by atoms with van der Waals surface area (Å²) in [5, 5.41) is 11.0. The quantitative estimate of drug-likeness (QED) is 0.280. The molecule has 0 aliphatic carbocycles. The van der Waals surface area contributed by atoms with Crippen LogP contribution in [0.3, 0.4) is 0 Å². The smallest absolute Gasteiger partial charge is 0.338 e. The van der Waals surface area contributed by atoms with Crippen LogP contribution in [0, 0.1) is 10.1 Å². The van der Waals surface area contributed by atoms with Gasteiger partial charge in [0.2, 0.25) is 5.91 Å². The average molecular weight is 461 g/mol. The van der Waals surface area contributed by atoms with Crippen molar-refractivity contribution < 1.29 is 28.8 Å². The third-order valence-electron chi connectivity index (χ3n) is 5.15. The maximum absolute atomic E-state index is 13.1. The van der Waals surface area contributed by atoms with Gasteiger partial charge in [0.15, 0.2) is 0 Å². The average Bonchev–Trinajstić information content (AvgIpc) is 3.07. The van der Waals surface area contributed by atoms with E-state index in [9.17, 15) is 24.5 Å². The Kier molecular flexibility index (Phi) is 6.87. The van der Waals surface area contributed by atoms with Gasteiger partial charge >= 0.3 is 11.9 Å². The minimum absolute atomic E-state index is 0.00680. The number of nitro groups is 1. The predicted octanol–water partition coefficient (Wildman–Crippen LogP) is 2.55. The number of carbonyl (C=O) groups is 3. The number of rotatable bonds is 7. The number of nitrogens with two attached hydrogens (primary N) is 1. The normalized spacial score (nSPS) is 20.3. The molecule has 170 valence electrons. The molecule has 3 rings (SSSR count). The van der Waals surface area contributed by atoms with Crippen LogP contribution in [0.25, 0.3) is 0 Å². The highest BCUT2D eigenvalue weighted by Gasteiger charge is 2.49. The van der Waals surface area contributed by atoms with Crippen LogP contribution in [0.5, 0.6) is 0 Å². The standard InChI is InChI=1S/C21H23N3O7S/c1-4-5-9-31-21(27)15-14(12-7-6-8-13(10-12)24(28)29)16(20(26)30-3)19-23(17(15)22)18(25)11(2)32-19/h6-8,10-11,14H,4-5,9,22H2,1-3H3. The van der Waals surface area contributed by atoms with Gasteiger partial charge in [-0.2, -0.15) is 0 Å². The minimum atomic E-state index is -1.10. The van der Waals surface area contributed by atoms with Gasteiger partial charge in [-0.1, -0.05) is 37.2 Å². The third kappa shape index (κ3) is 4.07. The van der Waals surface area contributed by atoms with Crippen molar-refractivity contribution in [2.45, 2.75) is 37.9 Å². The maximum Gasteiger partial charge on any atom is 0.338 e. The lowest BCUT2D eigenvalue weighted by Gasteiger charge is -2.33. The Morgan fingerprint density at radius 2 is 2.00 bits per heavy atom. The summed E-state index contributed by atoms with van der Waals surface area (Å²) in [4.78, 5) is 50.7. The second-order valence-electron chi connectivity index (χ2n) is 7.22. The Hall–Kier alpha value is -3.34. The number of hydrogen-bond acceptors (Lipinski definition) is 9. The number of benzene rings is 1. The SMILES string of the molecule is CCCCOC(=O)C1=C(N)N2C(=O)C(C)SC2=C(C(=O)OC)C1c1cccc([N+](=O)[O-])c1.